The van der Waals surface area contributed by atoms with Crippen molar-refractivity contribution >= 4 is 23.5 Å². The van der Waals surface area contributed by atoms with E-state index >= 15 is 0 Å². The van der Waals surface area contributed by atoms with E-state index in [0.29, 0.717) is 11.6 Å². The minimum Gasteiger partial charge on any atom is -0.481 e. The molecule has 0 unspecified atom stereocenters. The Bertz CT molecular complexity index is 406. The zero-order valence-corrected chi connectivity index (χ0v) is 10.1. The fourth-order valence-electron chi connectivity index (χ4n) is 1.30. The van der Waals surface area contributed by atoms with Crippen molar-refractivity contribution in [1.82, 2.24) is 9.88 Å². The lowest BCUT2D eigenvalue weighted by Crippen LogP contribution is -2.33. The maximum atomic E-state index is 11.9. The third-order valence-corrected chi connectivity index (χ3v) is 2.43. The molecule has 0 saturated heterocycles. The first kappa shape index (κ1) is 13.4. The fourth-order valence-corrected chi connectivity index (χ4v) is 1.41. The number of hydrogen-bond acceptors (Lipinski definition) is 3. The number of hydrogen-bond donors (Lipinski definition) is 1. The highest BCUT2D eigenvalue weighted by Gasteiger charge is 2.16. The number of aliphatic carboxylic acids is 1. The van der Waals surface area contributed by atoms with Crippen LogP contribution >= 0.6 is 11.6 Å². The van der Waals surface area contributed by atoms with Crippen LogP contribution in [-0.2, 0) is 4.79 Å². The molecule has 92 valence electrons. The lowest BCUT2D eigenvalue weighted by molar-refractivity contribution is -0.137. The summed E-state index contributed by atoms with van der Waals surface area (Å²) in [5, 5.41) is 9.03. The van der Waals surface area contributed by atoms with Crippen LogP contribution in [0.3, 0.4) is 0 Å². The van der Waals surface area contributed by atoms with Gasteiger partial charge in [-0.15, -0.1) is 0 Å². The molecule has 1 heterocycles. The van der Waals surface area contributed by atoms with Crippen LogP contribution < -0.4 is 0 Å². The van der Waals surface area contributed by atoms with Crippen LogP contribution in [-0.4, -0.2) is 40.0 Å². The number of aromatic nitrogens is 1. The predicted molar refractivity (Wildman–Crippen MR) is 63.1 cm³/mol. The summed E-state index contributed by atoms with van der Waals surface area (Å²) in [4.78, 5) is 27.7. The second kappa shape index (κ2) is 6.20. The topological polar surface area (TPSA) is 70.5 Å². The lowest BCUT2D eigenvalue weighted by atomic mass is 10.3. The van der Waals surface area contributed by atoms with Crippen molar-refractivity contribution < 1.29 is 14.7 Å². The molecule has 0 fully saturated rings. The quantitative estimate of drug-likeness (QED) is 0.870. The van der Waals surface area contributed by atoms with Gasteiger partial charge in [-0.25, -0.2) is 4.98 Å². The number of rotatable bonds is 5. The number of pyridine rings is 1. The van der Waals surface area contributed by atoms with E-state index in [1.165, 1.54) is 17.2 Å². The predicted octanol–water partition coefficient (Wildman–Crippen LogP) is 1.67. The van der Waals surface area contributed by atoms with Gasteiger partial charge < -0.3 is 10.0 Å². The van der Waals surface area contributed by atoms with Crippen molar-refractivity contribution in [2.45, 2.75) is 13.3 Å². The van der Waals surface area contributed by atoms with Crippen molar-refractivity contribution in [3.8, 4) is 0 Å². The molecule has 5 nitrogen and oxygen atoms in total. The lowest BCUT2D eigenvalue weighted by Gasteiger charge is -2.19. The molecule has 0 aliphatic rings. The molecular weight excluding hydrogens is 244 g/mol. The van der Waals surface area contributed by atoms with Crippen molar-refractivity contribution in [3.63, 3.8) is 0 Å². The molecule has 0 saturated carbocycles. The van der Waals surface area contributed by atoms with E-state index in [9.17, 15) is 9.59 Å². The minimum absolute atomic E-state index is 0.0762. The Labute approximate surface area is 104 Å². The first-order chi connectivity index (χ1) is 8.04. The van der Waals surface area contributed by atoms with Gasteiger partial charge in [-0.1, -0.05) is 11.6 Å². The Hall–Kier alpha value is -1.62. The second-order valence-electron chi connectivity index (χ2n) is 3.39. The average Bonchev–Trinajstić information content (AvgIpc) is 2.30. The van der Waals surface area contributed by atoms with Gasteiger partial charge in [-0.05, 0) is 19.1 Å². The van der Waals surface area contributed by atoms with Crippen molar-refractivity contribution in [2.24, 2.45) is 0 Å². The van der Waals surface area contributed by atoms with Crippen LogP contribution in [0.4, 0.5) is 0 Å². The normalized spacial score (nSPS) is 10.0. The molecule has 1 N–H and O–H groups in total. The Morgan fingerprint density at radius 1 is 1.47 bits per heavy atom. The van der Waals surface area contributed by atoms with Gasteiger partial charge in [-0.2, -0.15) is 0 Å². The second-order valence-corrected chi connectivity index (χ2v) is 3.83. The standard InChI is InChI=1S/C11H13ClN2O3/c1-2-14(6-5-10(15)16)11(17)9-4-3-8(12)7-13-9/h3-4,7H,2,5-6H2,1H3,(H,15,16). The van der Waals surface area contributed by atoms with Crippen LogP contribution in [0.2, 0.25) is 5.02 Å². The summed E-state index contributed by atoms with van der Waals surface area (Å²) in [5.74, 6) is -1.22. The average molecular weight is 257 g/mol. The van der Waals surface area contributed by atoms with Crippen LogP contribution in [0.1, 0.15) is 23.8 Å². The van der Waals surface area contributed by atoms with E-state index in [1.807, 2.05) is 0 Å². The van der Waals surface area contributed by atoms with Gasteiger partial charge in [-0.3, -0.25) is 9.59 Å². The summed E-state index contributed by atoms with van der Waals surface area (Å²) < 4.78 is 0. The number of carboxylic acids is 1. The first-order valence-electron chi connectivity index (χ1n) is 5.17. The Kier molecular flexibility index (Phi) is 4.90. The summed E-state index contributed by atoms with van der Waals surface area (Å²) in [7, 11) is 0. The maximum Gasteiger partial charge on any atom is 0.305 e. The van der Waals surface area contributed by atoms with E-state index in [-0.39, 0.29) is 24.6 Å². The summed E-state index contributed by atoms with van der Waals surface area (Å²) in [6.07, 6.45) is 1.31. The van der Waals surface area contributed by atoms with E-state index in [1.54, 1.807) is 13.0 Å². The van der Waals surface area contributed by atoms with Gasteiger partial charge in [0.15, 0.2) is 0 Å². The highest BCUT2D eigenvalue weighted by Crippen LogP contribution is 2.08. The zero-order valence-electron chi connectivity index (χ0n) is 9.39. The van der Waals surface area contributed by atoms with Crippen molar-refractivity contribution in [2.75, 3.05) is 13.1 Å². The van der Waals surface area contributed by atoms with Gasteiger partial charge >= 0.3 is 5.97 Å². The number of carboxylic acid groups (broad SMARTS) is 1. The molecule has 0 spiro atoms. The molecule has 0 radical (unpaired) electrons. The van der Waals surface area contributed by atoms with Crippen LogP contribution in [0.25, 0.3) is 0 Å². The van der Waals surface area contributed by atoms with Gasteiger partial charge in [0.1, 0.15) is 5.69 Å². The number of carbonyl (C=O) groups is 2. The Morgan fingerprint density at radius 2 is 2.18 bits per heavy atom. The van der Waals surface area contributed by atoms with Crippen LogP contribution in [0.5, 0.6) is 0 Å². The number of carbonyl (C=O) groups excluding carboxylic acids is 1. The molecule has 0 atom stereocenters. The van der Waals surface area contributed by atoms with Crippen LogP contribution in [0.15, 0.2) is 18.3 Å². The number of nitrogens with zero attached hydrogens (tertiary/aromatic N) is 2. The first-order valence-corrected chi connectivity index (χ1v) is 5.55. The molecule has 0 aromatic carbocycles. The summed E-state index contributed by atoms with van der Waals surface area (Å²) in [5.41, 5.74) is 0.265. The number of halogens is 1. The summed E-state index contributed by atoms with van der Waals surface area (Å²) in [6.45, 7) is 2.40. The van der Waals surface area contributed by atoms with E-state index in [0.717, 1.165) is 0 Å². The van der Waals surface area contributed by atoms with Crippen molar-refractivity contribution in [1.29, 1.82) is 0 Å². The largest absolute Gasteiger partial charge is 0.481 e. The maximum absolute atomic E-state index is 11.9. The third kappa shape index (κ3) is 4.03. The highest BCUT2D eigenvalue weighted by molar-refractivity contribution is 6.30. The number of amides is 1. The molecule has 6 heteroatoms. The minimum atomic E-state index is -0.930. The monoisotopic (exact) mass is 256 g/mol. The van der Waals surface area contributed by atoms with Crippen molar-refractivity contribution in [3.05, 3.63) is 29.0 Å². The summed E-state index contributed by atoms with van der Waals surface area (Å²) in [6, 6.07) is 3.10. The molecule has 0 aliphatic heterocycles. The molecule has 1 rings (SSSR count). The summed E-state index contributed by atoms with van der Waals surface area (Å²) >= 11 is 5.67. The zero-order chi connectivity index (χ0) is 12.8. The van der Waals surface area contributed by atoms with Gasteiger partial charge in [0.05, 0.1) is 11.4 Å². The highest BCUT2D eigenvalue weighted by atomic mass is 35.5. The van der Waals surface area contributed by atoms with E-state index in [4.69, 9.17) is 16.7 Å². The van der Waals surface area contributed by atoms with Gasteiger partial charge in [0.25, 0.3) is 5.91 Å². The molecule has 1 aromatic heterocycles. The SMILES string of the molecule is CCN(CCC(=O)O)C(=O)c1ccc(Cl)cn1. The Balaban J connectivity index is 2.71. The fraction of sp³-hybridized carbons (Fsp3) is 0.364. The molecule has 1 amide bonds. The molecule has 17 heavy (non-hydrogen) atoms. The van der Waals surface area contributed by atoms with E-state index in [2.05, 4.69) is 4.98 Å². The smallest absolute Gasteiger partial charge is 0.305 e. The van der Waals surface area contributed by atoms with Crippen LogP contribution in [0, 0.1) is 0 Å². The molecule has 1 aromatic rings. The van der Waals surface area contributed by atoms with Gasteiger partial charge in [0.2, 0.25) is 0 Å². The third-order valence-electron chi connectivity index (χ3n) is 2.21. The van der Waals surface area contributed by atoms with Gasteiger partial charge in [0, 0.05) is 19.3 Å². The Morgan fingerprint density at radius 3 is 2.65 bits per heavy atom. The molecule has 0 bridgehead atoms. The van der Waals surface area contributed by atoms with E-state index < -0.39 is 5.97 Å². The molecular formula is C11H13ClN2O3. The molecule has 0 aliphatic carbocycles.